The Morgan fingerprint density at radius 2 is 1.42 bits per heavy atom. The number of nitrogens with two attached hydrogens (primary N) is 1. The van der Waals surface area contributed by atoms with Gasteiger partial charge in [-0.1, -0.05) is 37.6 Å². The molecular weight excluding hydrogens is 330 g/mol. The molecule has 6 nitrogen and oxygen atoms in total. The fraction of sp³-hybridized carbons (Fsp3) is 0.250. The van der Waals surface area contributed by atoms with Crippen molar-refractivity contribution in [3.05, 3.63) is 59.7 Å². The molecule has 2 aromatic carbocycles. The van der Waals surface area contributed by atoms with Gasteiger partial charge in [-0.05, 0) is 36.2 Å². The molecule has 0 unspecified atom stereocenters. The highest BCUT2D eigenvalue weighted by Crippen LogP contribution is 2.14. The first kappa shape index (κ1) is 19.2. The van der Waals surface area contributed by atoms with Crippen molar-refractivity contribution in [1.29, 1.82) is 0 Å². The molecule has 0 aromatic heterocycles. The van der Waals surface area contributed by atoms with E-state index in [-0.39, 0.29) is 24.5 Å². The van der Waals surface area contributed by atoms with Crippen LogP contribution in [0.25, 0.3) is 0 Å². The molecule has 0 fully saturated rings. The number of carbonyl (C=O) groups excluding carboxylic acids is 3. The van der Waals surface area contributed by atoms with Crippen LogP contribution in [0.5, 0.6) is 0 Å². The summed E-state index contributed by atoms with van der Waals surface area (Å²) < 4.78 is 0. The molecule has 0 heterocycles. The molecule has 0 bridgehead atoms. The molecule has 0 spiro atoms. The lowest BCUT2D eigenvalue weighted by Gasteiger charge is -2.07. The number of nitrogens with one attached hydrogen (secondary N) is 2. The van der Waals surface area contributed by atoms with Gasteiger partial charge in [-0.3, -0.25) is 9.59 Å². The van der Waals surface area contributed by atoms with E-state index < -0.39 is 6.03 Å². The molecule has 136 valence electrons. The molecule has 6 heteroatoms. The lowest BCUT2D eigenvalue weighted by atomic mass is 10.0. The molecule has 2 rings (SSSR count). The van der Waals surface area contributed by atoms with Gasteiger partial charge in [-0.15, -0.1) is 0 Å². The highest BCUT2D eigenvalue weighted by atomic mass is 16.2. The van der Waals surface area contributed by atoms with Gasteiger partial charge < -0.3 is 16.4 Å². The van der Waals surface area contributed by atoms with Crippen LogP contribution in [0.3, 0.4) is 0 Å². The first-order valence-electron chi connectivity index (χ1n) is 8.56. The van der Waals surface area contributed by atoms with Crippen LogP contribution in [0, 0.1) is 0 Å². The third-order valence-corrected chi connectivity index (χ3v) is 3.83. The average molecular weight is 353 g/mol. The smallest absolute Gasteiger partial charge is 0.316 e. The van der Waals surface area contributed by atoms with Gasteiger partial charge in [0.05, 0.1) is 0 Å². The van der Waals surface area contributed by atoms with Gasteiger partial charge in [0.2, 0.25) is 5.91 Å². The third kappa shape index (κ3) is 6.05. The molecule has 0 radical (unpaired) electrons. The number of urea groups is 1. The van der Waals surface area contributed by atoms with Gasteiger partial charge in [0.1, 0.15) is 0 Å². The van der Waals surface area contributed by atoms with Gasteiger partial charge in [-0.25, -0.2) is 4.79 Å². The summed E-state index contributed by atoms with van der Waals surface area (Å²) >= 11 is 0. The minimum Gasteiger partial charge on any atom is -0.351 e. The Balaban J connectivity index is 1.82. The first-order chi connectivity index (χ1) is 12.5. The summed E-state index contributed by atoms with van der Waals surface area (Å²) in [6.45, 7) is 2.11. The molecule has 26 heavy (non-hydrogen) atoms. The molecule has 0 saturated carbocycles. The second kappa shape index (κ2) is 9.36. The van der Waals surface area contributed by atoms with Crippen LogP contribution in [0.4, 0.5) is 16.2 Å². The van der Waals surface area contributed by atoms with E-state index in [2.05, 4.69) is 17.6 Å². The van der Waals surface area contributed by atoms with Crippen molar-refractivity contribution in [2.24, 2.45) is 5.73 Å². The van der Waals surface area contributed by atoms with Gasteiger partial charge >= 0.3 is 6.03 Å². The number of benzene rings is 2. The minimum absolute atomic E-state index is 0.0517. The van der Waals surface area contributed by atoms with Gasteiger partial charge in [0, 0.05) is 29.8 Å². The summed E-state index contributed by atoms with van der Waals surface area (Å²) in [6, 6.07) is 13.5. The zero-order chi connectivity index (χ0) is 18.9. The number of amides is 3. The maximum Gasteiger partial charge on any atom is 0.316 e. The summed E-state index contributed by atoms with van der Waals surface area (Å²) in [5, 5.41) is 5.16. The van der Waals surface area contributed by atoms with E-state index >= 15 is 0 Å². The second-order valence-electron chi connectivity index (χ2n) is 5.98. The minimum atomic E-state index is -0.650. The van der Waals surface area contributed by atoms with E-state index in [9.17, 15) is 14.4 Å². The Bertz CT molecular complexity index is 768. The molecule has 4 N–H and O–H groups in total. The maximum absolute atomic E-state index is 12.2. The number of rotatable bonds is 8. The number of hydrogen-bond acceptors (Lipinski definition) is 3. The lowest BCUT2D eigenvalue weighted by Crippen LogP contribution is -2.19. The maximum atomic E-state index is 12.2. The van der Waals surface area contributed by atoms with Crippen molar-refractivity contribution in [3.8, 4) is 0 Å². The fourth-order valence-corrected chi connectivity index (χ4v) is 2.52. The van der Waals surface area contributed by atoms with Crippen molar-refractivity contribution in [3.63, 3.8) is 0 Å². The van der Waals surface area contributed by atoms with Crippen LogP contribution in [-0.4, -0.2) is 17.7 Å². The lowest BCUT2D eigenvalue weighted by molar-refractivity contribution is -0.116. The summed E-state index contributed by atoms with van der Waals surface area (Å²) in [4.78, 5) is 34.9. The van der Waals surface area contributed by atoms with E-state index in [0.29, 0.717) is 16.9 Å². The molecule has 2 aromatic rings. The summed E-state index contributed by atoms with van der Waals surface area (Å²) in [7, 11) is 0. The van der Waals surface area contributed by atoms with E-state index in [1.165, 1.54) is 5.56 Å². The number of carbonyl (C=O) groups is 3. The summed E-state index contributed by atoms with van der Waals surface area (Å²) in [5.74, 6) is -0.291. The molecular formula is C20H23N3O3. The number of Topliss-reactive ketones (excluding diaryl/α,β-unsaturated/α-hetero) is 1. The van der Waals surface area contributed by atoms with Crippen molar-refractivity contribution in [2.75, 3.05) is 10.6 Å². The number of primary amides is 1. The molecule has 3 amide bonds. The number of anilines is 2. The molecule has 0 aliphatic heterocycles. The van der Waals surface area contributed by atoms with Gasteiger partial charge in [0.15, 0.2) is 5.78 Å². The number of ketones is 1. The van der Waals surface area contributed by atoms with Crippen molar-refractivity contribution >= 4 is 29.1 Å². The number of hydrogen-bond donors (Lipinski definition) is 3. The van der Waals surface area contributed by atoms with E-state index in [1.54, 1.807) is 24.3 Å². The Labute approximate surface area is 152 Å². The van der Waals surface area contributed by atoms with Crippen molar-refractivity contribution in [1.82, 2.24) is 0 Å². The van der Waals surface area contributed by atoms with Crippen LogP contribution in [0.2, 0.25) is 0 Å². The Morgan fingerprint density at radius 3 is 1.96 bits per heavy atom. The molecule has 0 aliphatic carbocycles. The van der Waals surface area contributed by atoms with E-state index in [0.717, 1.165) is 12.8 Å². The predicted molar refractivity (Wildman–Crippen MR) is 102 cm³/mol. The number of aryl methyl sites for hydroxylation is 1. The van der Waals surface area contributed by atoms with Gasteiger partial charge in [-0.2, -0.15) is 0 Å². The normalized spacial score (nSPS) is 10.2. The van der Waals surface area contributed by atoms with Crippen molar-refractivity contribution in [2.45, 2.75) is 32.6 Å². The zero-order valence-corrected chi connectivity index (χ0v) is 14.7. The Hall–Kier alpha value is -3.15. The molecule has 0 aliphatic rings. The summed E-state index contributed by atoms with van der Waals surface area (Å²) in [5.41, 5.74) is 7.98. The monoisotopic (exact) mass is 353 g/mol. The predicted octanol–water partition coefficient (Wildman–Crippen LogP) is 3.73. The Kier molecular flexibility index (Phi) is 6.91. The summed E-state index contributed by atoms with van der Waals surface area (Å²) in [6.07, 6.45) is 2.31. The van der Waals surface area contributed by atoms with E-state index in [1.807, 2.05) is 24.3 Å². The Morgan fingerprint density at radius 1 is 0.846 bits per heavy atom. The zero-order valence-electron chi connectivity index (χ0n) is 14.7. The fourth-order valence-electron chi connectivity index (χ4n) is 2.52. The van der Waals surface area contributed by atoms with Crippen LogP contribution in [0.1, 0.15) is 42.1 Å². The quantitative estimate of drug-likeness (QED) is 0.630. The first-order valence-corrected chi connectivity index (χ1v) is 8.56. The van der Waals surface area contributed by atoms with Crippen LogP contribution < -0.4 is 16.4 Å². The standard InChI is InChI=1S/C20H23N3O3/c1-2-3-14-4-6-15(7-5-14)18(24)12-13-19(25)22-16-8-10-17(11-9-16)23-20(21)26/h4-11H,2-3,12-13H2,1H3,(H,22,25)(H3,21,23,26). The highest BCUT2D eigenvalue weighted by molar-refractivity contribution is 6.00. The second-order valence-corrected chi connectivity index (χ2v) is 5.98. The third-order valence-electron chi connectivity index (χ3n) is 3.83. The van der Waals surface area contributed by atoms with Gasteiger partial charge in [0.25, 0.3) is 0 Å². The SMILES string of the molecule is CCCc1ccc(C(=O)CCC(=O)Nc2ccc(NC(N)=O)cc2)cc1. The topological polar surface area (TPSA) is 101 Å². The van der Waals surface area contributed by atoms with Crippen LogP contribution >= 0.6 is 0 Å². The molecule has 0 saturated heterocycles. The van der Waals surface area contributed by atoms with E-state index in [4.69, 9.17) is 5.73 Å². The van der Waals surface area contributed by atoms with Crippen LogP contribution in [-0.2, 0) is 11.2 Å². The van der Waals surface area contributed by atoms with Crippen LogP contribution in [0.15, 0.2) is 48.5 Å². The largest absolute Gasteiger partial charge is 0.351 e. The average Bonchev–Trinajstić information content (AvgIpc) is 2.62. The molecule has 0 atom stereocenters. The van der Waals surface area contributed by atoms with Crippen molar-refractivity contribution < 1.29 is 14.4 Å². The highest BCUT2D eigenvalue weighted by Gasteiger charge is 2.10.